The maximum atomic E-state index is 13.6. The molecule has 0 atom stereocenters. The van der Waals surface area contributed by atoms with Crippen LogP contribution in [0.1, 0.15) is 0 Å². The Bertz CT molecular complexity index is 933. The fraction of sp³-hybridized carbons (Fsp3) is 0.118. The predicted octanol–water partition coefficient (Wildman–Crippen LogP) is 3.28. The van der Waals surface area contributed by atoms with Gasteiger partial charge in [-0.05, 0) is 24.3 Å². The standard InChI is InChI=1S/C17H14F2N4O2S/c1-25-15-5-3-2-4-14(15)23-10-20-22-17(23)26-9-16(24)21-13-7-6-11(18)8-12(13)19/h2-8,10H,9H2,1H3,(H,21,24). The van der Waals surface area contributed by atoms with E-state index >= 15 is 0 Å². The molecule has 3 rings (SSSR count). The minimum Gasteiger partial charge on any atom is -0.495 e. The zero-order chi connectivity index (χ0) is 18.5. The minimum atomic E-state index is -0.833. The number of nitrogens with zero attached hydrogens (tertiary/aromatic N) is 3. The highest BCUT2D eigenvalue weighted by molar-refractivity contribution is 7.99. The van der Waals surface area contributed by atoms with E-state index in [1.165, 1.54) is 12.4 Å². The molecule has 1 amide bonds. The highest BCUT2D eigenvalue weighted by Gasteiger charge is 2.14. The smallest absolute Gasteiger partial charge is 0.234 e. The number of carbonyl (C=O) groups is 1. The summed E-state index contributed by atoms with van der Waals surface area (Å²) < 4.78 is 33.5. The molecule has 0 unspecified atom stereocenters. The molecule has 0 saturated carbocycles. The van der Waals surface area contributed by atoms with Gasteiger partial charge in [0.15, 0.2) is 5.16 Å². The van der Waals surface area contributed by atoms with E-state index in [0.29, 0.717) is 17.0 Å². The van der Waals surface area contributed by atoms with Crippen LogP contribution in [0.3, 0.4) is 0 Å². The number of methoxy groups -OCH3 is 1. The number of nitrogens with one attached hydrogen (secondary N) is 1. The summed E-state index contributed by atoms with van der Waals surface area (Å²) in [5.74, 6) is -1.38. The largest absolute Gasteiger partial charge is 0.495 e. The number of benzene rings is 2. The van der Waals surface area contributed by atoms with Crippen LogP contribution in [0.25, 0.3) is 5.69 Å². The summed E-state index contributed by atoms with van der Waals surface area (Å²) in [5, 5.41) is 10.7. The summed E-state index contributed by atoms with van der Waals surface area (Å²) >= 11 is 1.13. The SMILES string of the molecule is COc1ccccc1-n1cnnc1SCC(=O)Nc1ccc(F)cc1F. The van der Waals surface area contributed by atoms with Gasteiger partial charge in [-0.3, -0.25) is 9.36 Å². The minimum absolute atomic E-state index is 0.0232. The van der Waals surface area contributed by atoms with Gasteiger partial charge in [0.2, 0.25) is 5.91 Å². The van der Waals surface area contributed by atoms with E-state index in [1.54, 1.807) is 17.7 Å². The molecule has 134 valence electrons. The Hall–Kier alpha value is -2.94. The first kappa shape index (κ1) is 17.9. The number of hydrogen-bond donors (Lipinski definition) is 1. The van der Waals surface area contributed by atoms with Crippen molar-refractivity contribution in [3.63, 3.8) is 0 Å². The highest BCUT2D eigenvalue weighted by atomic mass is 32.2. The lowest BCUT2D eigenvalue weighted by Crippen LogP contribution is -2.15. The number of anilines is 1. The number of thioether (sulfide) groups is 1. The van der Waals surface area contributed by atoms with Crippen LogP contribution >= 0.6 is 11.8 Å². The Kier molecular flexibility index (Phi) is 5.47. The number of ether oxygens (including phenoxy) is 1. The lowest BCUT2D eigenvalue weighted by Gasteiger charge is -2.10. The topological polar surface area (TPSA) is 69.0 Å². The summed E-state index contributed by atoms with van der Waals surface area (Å²) in [5.41, 5.74) is 0.649. The van der Waals surface area contributed by atoms with Gasteiger partial charge in [0.25, 0.3) is 0 Å². The first-order valence-electron chi connectivity index (χ1n) is 7.49. The van der Waals surface area contributed by atoms with Gasteiger partial charge in [0.05, 0.1) is 24.2 Å². The van der Waals surface area contributed by atoms with Crippen molar-refractivity contribution in [2.75, 3.05) is 18.2 Å². The third-order valence-electron chi connectivity index (χ3n) is 3.40. The second-order valence-corrected chi connectivity index (χ2v) is 6.06. The van der Waals surface area contributed by atoms with Crippen molar-refractivity contribution in [3.8, 4) is 11.4 Å². The summed E-state index contributed by atoms with van der Waals surface area (Å²) in [7, 11) is 1.56. The number of carbonyl (C=O) groups excluding carboxylic acids is 1. The molecule has 6 nitrogen and oxygen atoms in total. The van der Waals surface area contributed by atoms with Crippen LogP contribution in [-0.2, 0) is 4.79 Å². The highest BCUT2D eigenvalue weighted by Crippen LogP contribution is 2.26. The van der Waals surface area contributed by atoms with E-state index in [0.717, 1.165) is 23.5 Å². The molecule has 26 heavy (non-hydrogen) atoms. The van der Waals surface area contributed by atoms with E-state index in [9.17, 15) is 13.6 Å². The van der Waals surface area contributed by atoms with Crippen LogP contribution < -0.4 is 10.1 Å². The molecule has 0 aliphatic heterocycles. The Labute approximate surface area is 152 Å². The van der Waals surface area contributed by atoms with Crippen molar-refractivity contribution in [1.82, 2.24) is 14.8 Å². The molecule has 0 saturated heterocycles. The Morgan fingerprint density at radius 1 is 1.27 bits per heavy atom. The first-order chi connectivity index (χ1) is 12.6. The zero-order valence-corrected chi connectivity index (χ0v) is 14.5. The van der Waals surface area contributed by atoms with Crippen LogP contribution in [0.15, 0.2) is 53.9 Å². The second kappa shape index (κ2) is 7.96. The number of amides is 1. The van der Waals surface area contributed by atoms with Crippen LogP contribution in [0.4, 0.5) is 14.5 Å². The predicted molar refractivity (Wildman–Crippen MR) is 93.6 cm³/mol. The van der Waals surface area contributed by atoms with Crippen molar-refractivity contribution in [1.29, 1.82) is 0 Å². The average Bonchev–Trinajstić information content (AvgIpc) is 3.10. The number of para-hydroxylation sites is 2. The second-order valence-electron chi connectivity index (χ2n) is 5.12. The maximum Gasteiger partial charge on any atom is 0.234 e. The number of aromatic nitrogens is 3. The molecule has 0 bridgehead atoms. The fourth-order valence-corrected chi connectivity index (χ4v) is 2.95. The molecule has 3 aromatic rings. The molecule has 0 fully saturated rings. The lowest BCUT2D eigenvalue weighted by atomic mass is 10.3. The van der Waals surface area contributed by atoms with E-state index < -0.39 is 17.5 Å². The third-order valence-corrected chi connectivity index (χ3v) is 4.34. The third kappa shape index (κ3) is 3.99. The lowest BCUT2D eigenvalue weighted by molar-refractivity contribution is -0.113. The number of hydrogen-bond acceptors (Lipinski definition) is 5. The molecule has 2 aromatic carbocycles. The van der Waals surface area contributed by atoms with Crippen molar-refractivity contribution < 1.29 is 18.3 Å². The fourth-order valence-electron chi connectivity index (χ4n) is 2.22. The van der Waals surface area contributed by atoms with Crippen molar-refractivity contribution in [2.24, 2.45) is 0 Å². The van der Waals surface area contributed by atoms with Crippen molar-refractivity contribution in [3.05, 3.63) is 60.4 Å². The molecule has 0 aliphatic carbocycles. The Morgan fingerprint density at radius 2 is 2.08 bits per heavy atom. The van der Waals surface area contributed by atoms with Gasteiger partial charge in [-0.15, -0.1) is 10.2 Å². The van der Waals surface area contributed by atoms with E-state index in [-0.39, 0.29) is 11.4 Å². The van der Waals surface area contributed by atoms with Gasteiger partial charge in [0, 0.05) is 6.07 Å². The number of rotatable bonds is 6. The van der Waals surface area contributed by atoms with E-state index in [2.05, 4.69) is 15.5 Å². The van der Waals surface area contributed by atoms with Crippen LogP contribution in [-0.4, -0.2) is 33.5 Å². The summed E-state index contributed by atoms with van der Waals surface area (Å²) in [6, 6.07) is 10.3. The van der Waals surface area contributed by atoms with Crippen LogP contribution in [0.2, 0.25) is 0 Å². The van der Waals surface area contributed by atoms with Gasteiger partial charge >= 0.3 is 0 Å². The van der Waals surface area contributed by atoms with E-state index in [4.69, 9.17) is 4.74 Å². The van der Waals surface area contributed by atoms with Gasteiger partial charge < -0.3 is 10.1 Å². The van der Waals surface area contributed by atoms with Crippen LogP contribution in [0, 0.1) is 11.6 Å². The monoisotopic (exact) mass is 376 g/mol. The molecule has 0 radical (unpaired) electrons. The van der Waals surface area contributed by atoms with Gasteiger partial charge in [-0.2, -0.15) is 0 Å². The molecule has 0 spiro atoms. The normalized spacial score (nSPS) is 10.6. The van der Waals surface area contributed by atoms with Gasteiger partial charge in [0.1, 0.15) is 23.7 Å². The molecular weight excluding hydrogens is 362 g/mol. The zero-order valence-electron chi connectivity index (χ0n) is 13.6. The van der Waals surface area contributed by atoms with Crippen molar-refractivity contribution in [2.45, 2.75) is 5.16 Å². The molecule has 0 aliphatic rings. The average molecular weight is 376 g/mol. The van der Waals surface area contributed by atoms with Crippen LogP contribution in [0.5, 0.6) is 5.75 Å². The summed E-state index contributed by atoms with van der Waals surface area (Å²) in [4.78, 5) is 12.0. The number of halogens is 2. The molecular formula is C17H14F2N4O2S. The molecule has 9 heteroatoms. The Balaban J connectivity index is 1.69. The quantitative estimate of drug-likeness (QED) is 0.669. The first-order valence-corrected chi connectivity index (χ1v) is 8.48. The molecule has 1 heterocycles. The Morgan fingerprint density at radius 3 is 2.85 bits per heavy atom. The van der Waals surface area contributed by atoms with Crippen molar-refractivity contribution >= 4 is 23.4 Å². The van der Waals surface area contributed by atoms with E-state index in [1.807, 2.05) is 18.2 Å². The van der Waals surface area contributed by atoms with Gasteiger partial charge in [-0.25, -0.2) is 8.78 Å². The molecule has 1 aromatic heterocycles. The van der Waals surface area contributed by atoms with Gasteiger partial charge in [-0.1, -0.05) is 23.9 Å². The molecule has 1 N–H and O–H groups in total. The summed E-state index contributed by atoms with van der Waals surface area (Å²) in [6.45, 7) is 0. The maximum absolute atomic E-state index is 13.6. The summed E-state index contributed by atoms with van der Waals surface area (Å²) in [6.07, 6.45) is 1.51.